The fourth-order valence-corrected chi connectivity index (χ4v) is 4.42. The Balaban J connectivity index is 1.21. The van der Waals surface area contributed by atoms with Gasteiger partial charge in [-0.2, -0.15) is 0 Å². The van der Waals surface area contributed by atoms with E-state index in [1.54, 1.807) is 37.3 Å². The molecule has 8 heteroatoms. The van der Waals surface area contributed by atoms with E-state index >= 15 is 0 Å². The summed E-state index contributed by atoms with van der Waals surface area (Å²) < 4.78 is 5.79. The Morgan fingerprint density at radius 2 is 1.51 bits per heavy atom. The Labute approximate surface area is 215 Å². The van der Waals surface area contributed by atoms with Gasteiger partial charge in [0, 0.05) is 39.6 Å². The fourth-order valence-electron chi connectivity index (χ4n) is 4.42. The van der Waals surface area contributed by atoms with E-state index < -0.39 is 11.9 Å². The molecule has 3 aromatic carbocycles. The molecule has 2 aliphatic rings. The van der Waals surface area contributed by atoms with Crippen LogP contribution in [0.2, 0.25) is 0 Å². The number of nitrogens with one attached hydrogen (secondary N) is 1. The number of urea groups is 1. The van der Waals surface area contributed by atoms with Gasteiger partial charge in [-0.05, 0) is 53.6 Å². The van der Waals surface area contributed by atoms with Crippen LogP contribution in [0.25, 0.3) is 6.08 Å². The van der Waals surface area contributed by atoms with E-state index in [2.05, 4.69) is 10.2 Å². The van der Waals surface area contributed by atoms with E-state index in [0.717, 1.165) is 48.8 Å². The van der Waals surface area contributed by atoms with Crippen molar-refractivity contribution >= 4 is 29.6 Å². The first-order chi connectivity index (χ1) is 18.0. The molecule has 2 heterocycles. The molecule has 188 valence electrons. The van der Waals surface area contributed by atoms with Crippen molar-refractivity contribution in [3.8, 4) is 11.5 Å². The SMILES string of the molecule is CC(=O)N1CCN(Cc2ccc(/C=C3\NC(=O)N(c4ccc(Oc5ccccc5)cc4)C3=O)cc2)CC1. The second-order valence-corrected chi connectivity index (χ2v) is 9.06. The molecule has 1 N–H and O–H groups in total. The van der Waals surface area contributed by atoms with Crippen molar-refractivity contribution in [1.29, 1.82) is 0 Å². The number of carbonyl (C=O) groups excluding carboxylic acids is 3. The normalized spacial score (nSPS) is 17.3. The molecule has 3 aromatic rings. The highest BCUT2D eigenvalue weighted by Gasteiger charge is 2.34. The number of hydrogen-bond donors (Lipinski definition) is 1. The van der Waals surface area contributed by atoms with Crippen LogP contribution in [-0.2, 0) is 16.1 Å². The molecule has 0 spiro atoms. The summed E-state index contributed by atoms with van der Waals surface area (Å²) in [5.41, 5.74) is 2.66. The van der Waals surface area contributed by atoms with E-state index in [1.807, 2.05) is 59.5 Å². The van der Waals surface area contributed by atoms with E-state index in [-0.39, 0.29) is 11.6 Å². The predicted octanol–water partition coefficient (Wildman–Crippen LogP) is 4.24. The number of benzene rings is 3. The summed E-state index contributed by atoms with van der Waals surface area (Å²) in [5.74, 6) is 1.03. The minimum absolute atomic E-state index is 0.123. The van der Waals surface area contributed by atoms with Crippen LogP contribution >= 0.6 is 0 Å². The van der Waals surface area contributed by atoms with Crippen LogP contribution in [0.4, 0.5) is 10.5 Å². The number of hydrogen-bond acceptors (Lipinski definition) is 5. The molecule has 5 rings (SSSR count). The zero-order valence-corrected chi connectivity index (χ0v) is 20.6. The van der Waals surface area contributed by atoms with Gasteiger partial charge in [0.05, 0.1) is 5.69 Å². The van der Waals surface area contributed by atoms with Gasteiger partial charge in [-0.3, -0.25) is 14.5 Å². The molecule has 0 radical (unpaired) electrons. The molecule has 0 unspecified atom stereocenters. The zero-order valence-electron chi connectivity index (χ0n) is 20.6. The third-order valence-corrected chi connectivity index (χ3v) is 6.47. The standard InChI is InChI=1S/C29H28N4O4/c1-21(34)32-17-15-31(16-18-32)20-23-9-7-22(8-10-23)19-27-28(35)33(29(36)30-27)24-11-13-26(14-12-24)37-25-5-3-2-4-6-25/h2-14,19H,15-18,20H2,1H3,(H,30,36)/b27-19-. The first kappa shape index (κ1) is 24.3. The van der Waals surface area contributed by atoms with Crippen LogP contribution in [0.1, 0.15) is 18.1 Å². The van der Waals surface area contributed by atoms with Gasteiger partial charge < -0.3 is 15.0 Å². The summed E-state index contributed by atoms with van der Waals surface area (Å²) in [6.45, 7) is 5.61. The van der Waals surface area contributed by atoms with Gasteiger partial charge >= 0.3 is 6.03 Å². The molecule has 37 heavy (non-hydrogen) atoms. The van der Waals surface area contributed by atoms with Crippen LogP contribution in [-0.4, -0.2) is 53.8 Å². The van der Waals surface area contributed by atoms with Crippen molar-refractivity contribution in [3.05, 3.63) is 95.7 Å². The predicted molar refractivity (Wildman–Crippen MR) is 141 cm³/mol. The Bertz CT molecular complexity index is 1310. The van der Waals surface area contributed by atoms with Gasteiger partial charge in [-0.1, -0.05) is 42.5 Å². The summed E-state index contributed by atoms with van der Waals surface area (Å²) in [5, 5.41) is 2.68. The lowest BCUT2D eigenvalue weighted by Gasteiger charge is -2.34. The minimum Gasteiger partial charge on any atom is -0.457 e. The third-order valence-electron chi connectivity index (χ3n) is 6.47. The van der Waals surface area contributed by atoms with E-state index in [1.165, 1.54) is 0 Å². The Morgan fingerprint density at radius 1 is 0.865 bits per heavy atom. The van der Waals surface area contributed by atoms with Gasteiger partial charge in [0.1, 0.15) is 17.2 Å². The average molecular weight is 497 g/mol. The van der Waals surface area contributed by atoms with Crippen molar-refractivity contribution in [3.63, 3.8) is 0 Å². The van der Waals surface area contributed by atoms with Gasteiger partial charge in [0.25, 0.3) is 5.91 Å². The Hall–Kier alpha value is -4.43. The Morgan fingerprint density at radius 3 is 2.16 bits per heavy atom. The molecule has 0 atom stereocenters. The molecule has 0 bridgehead atoms. The quantitative estimate of drug-likeness (QED) is 0.408. The number of imide groups is 1. The lowest BCUT2D eigenvalue weighted by Crippen LogP contribution is -2.47. The maximum absolute atomic E-state index is 13.0. The maximum atomic E-state index is 13.0. The van der Waals surface area contributed by atoms with Crippen molar-refractivity contribution in [1.82, 2.24) is 15.1 Å². The molecule has 0 aliphatic carbocycles. The molecular formula is C29H28N4O4. The molecule has 0 aromatic heterocycles. The second kappa shape index (κ2) is 10.7. The monoisotopic (exact) mass is 496 g/mol. The lowest BCUT2D eigenvalue weighted by molar-refractivity contribution is -0.130. The molecule has 2 aliphatic heterocycles. The van der Waals surface area contributed by atoms with Gasteiger partial charge in [-0.15, -0.1) is 0 Å². The summed E-state index contributed by atoms with van der Waals surface area (Å²) >= 11 is 0. The van der Waals surface area contributed by atoms with Gasteiger partial charge in [-0.25, -0.2) is 9.69 Å². The van der Waals surface area contributed by atoms with Gasteiger partial charge in [0.15, 0.2) is 0 Å². The van der Waals surface area contributed by atoms with Gasteiger partial charge in [0.2, 0.25) is 5.91 Å². The van der Waals surface area contributed by atoms with Crippen LogP contribution in [0.5, 0.6) is 11.5 Å². The van der Waals surface area contributed by atoms with Crippen LogP contribution in [0.15, 0.2) is 84.6 Å². The topological polar surface area (TPSA) is 82.2 Å². The van der Waals surface area contributed by atoms with E-state index in [9.17, 15) is 14.4 Å². The maximum Gasteiger partial charge on any atom is 0.333 e. The number of ether oxygens (including phenoxy) is 1. The molecule has 0 saturated carbocycles. The summed E-state index contributed by atoms with van der Waals surface area (Å²) in [7, 11) is 0. The zero-order chi connectivity index (χ0) is 25.8. The minimum atomic E-state index is -0.491. The Kier molecular flexibility index (Phi) is 7.00. The second-order valence-electron chi connectivity index (χ2n) is 9.06. The van der Waals surface area contributed by atoms with Crippen molar-refractivity contribution < 1.29 is 19.1 Å². The number of piperazine rings is 1. The highest BCUT2D eigenvalue weighted by molar-refractivity contribution is 6.28. The first-order valence-corrected chi connectivity index (χ1v) is 12.2. The fraction of sp³-hybridized carbons (Fsp3) is 0.207. The highest BCUT2D eigenvalue weighted by Crippen LogP contribution is 2.27. The number of anilines is 1. The number of para-hydroxylation sites is 1. The number of carbonyl (C=O) groups is 3. The molecular weight excluding hydrogens is 468 g/mol. The summed E-state index contributed by atoms with van der Waals surface area (Å²) in [4.78, 5) is 42.4. The lowest BCUT2D eigenvalue weighted by atomic mass is 10.1. The van der Waals surface area contributed by atoms with E-state index in [4.69, 9.17) is 4.74 Å². The molecule has 2 saturated heterocycles. The number of nitrogens with zero attached hydrogens (tertiary/aromatic N) is 3. The first-order valence-electron chi connectivity index (χ1n) is 12.2. The molecule has 4 amide bonds. The third kappa shape index (κ3) is 5.70. The number of rotatable bonds is 6. The van der Waals surface area contributed by atoms with Crippen LogP contribution in [0, 0.1) is 0 Å². The summed E-state index contributed by atoms with van der Waals surface area (Å²) in [6.07, 6.45) is 1.68. The average Bonchev–Trinajstić information content (AvgIpc) is 3.19. The van der Waals surface area contributed by atoms with Crippen LogP contribution < -0.4 is 15.0 Å². The van der Waals surface area contributed by atoms with Crippen molar-refractivity contribution in [2.45, 2.75) is 13.5 Å². The highest BCUT2D eigenvalue weighted by atomic mass is 16.5. The summed E-state index contributed by atoms with van der Waals surface area (Å²) in [6, 6.07) is 23.6. The van der Waals surface area contributed by atoms with Crippen molar-refractivity contribution in [2.24, 2.45) is 0 Å². The largest absolute Gasteiger partial charge is 0.457 e. The number of amides is 4. The molecule has 2 fully saturated rings. The van der Waals surface area contributed by atoms with Crippen LogP contribution in [0.3, 0.4) is 0 Å². The van der Waals surface area contributed by atoms with E-state index in [0.29, 0.717) is 17.2 Å². The smallest absolute Gasteiger partial charge is 0.333 e. The van der Waals surface area contributed by atoms with Crippen molar-refractivity contribution in [2.75, 3.05) is 31.1 Å². The molecule has 8 nitrogen and oxygen atoms in total.